The van der Waals surface area contributed by atoms with Gasteiger partial charge in [0.25, 0.3) is 0 Å². The van der Waals surface area contributed by atoms with Crippen LogP contribution in [0.1, 0.15) is 0 Å². The van der Waals surface area contributed by atoms with Crippen LogP contribution in [-0.4, -0.2) is 0 Å². The first-order valence-electron chi connectivity index (χ1n) is 13.4. The summed E-state index contributed by atoms with van der Waals surface area (Å²) in [5.41, 5.74) is 10.2. The third-order valence-corrected chi connectivity index (χ3v) is 9.03. The molecule has 39 heavy (non-hydrogen) atoms. The van der Waals surface area contributed by atoms with Gasteiger partial charge in [-0.05, 0) is 72.8 Å². The Morgan fingerprint density at radius 1 is 0.308 bits per heavy atom. The van der Waals surface area contributed by atoms with Crippen molar-refractivity contribution in [3.63, 3.8) is 0 Å². The molecule has 0 aromatic heterocycles. The van der Waals surface area contributed by atoms with Crippen LogP contribution in [0.15, 0.2) is 155 Å². The Labute approximate surface area is 232 Å². The van der Waals surface area contributed by atoms with Gasteiger partial charge >= 0.3 is 0 Å². The molecule has 0 amide bonds. The van der Waals surface area contributed by atoms with E-state index in [0.29, 0.717) is 0 Å². The number of hydrogen-bond donors (Lipinski definition) is 0. The molecule has 0 unspecified atom stereocenters. The van der Waals surface area contributed by atoms with E-state index in [9.17, 15) is 0 Å². The molecule has 7 aromatic rings. The SMILES string of the molecule is c1ccc(-c2cccc3cccc(-c4ccc(-c5ccc6c7c(cccc57)-c5ccccc5S6)cc4)c23)cc1. The summed E-state index contributed by atoms with van der Waals surface area (Å²) in [6, 6.07) is 53.2. The molecule has 1 heteroatoms. The van der Waals surface area contributed by atoms with Crippen LogP contribution in [0.25, 0.3) is 66.1 Å². The molecule has 0 fully saturated rings. The quantitative estimate of drug-likeness (QED) is 0.227. The van der Waals surface area contributed by atoms with E-state index in [1.54, 1.807) is 0 Å². The highest BCUT2D eigenvalue weighted by atomic mass is 32.2. The van der Waals surface area contributed by atoms with Crippen molar-refractivity contribution >= 4 is 33.3 Å². The monoisotopic (exact) mass is 512 g/mol. The fourth-order valence-corrected chi connectivity index (χ4v) is 7.23. The molecule has 7 aromatic carbocycles. The summed E-state index contributed by atoms with van der Waals surface area (Å²) >= 11 is 1.88. The van der Waals surface area contributed by atoms with Crippen LogP contribution in [0.5, 0.6) is 0 Å². The summed E-state index contributed by atoms with van der Waals surface area (Å²) in [7, 11) is 0. The molecule has 0 aliphatic carbocycles. The average molecular weight is 513 g/mol. The van der Waals surface area contributed by atoms with Gasteiger partial charge in [-0.15, -0.1) is 0 Å². The number of fused-ring (bicyclic) bond motifs is 3. The second kappa shape index (κ2) is 9.01. The summed E-state index contributed by atoms with van der Waals surface area (Å²) in [4.78, 5) is 2.67. The minimum Gasteiger partial charge on any atom is -0.0888 e. The van der Waals surface area contributed by atoms with Gasteiger partial charge in [-0.25, -0.2) is 0 Å². The first-order chi connectivity index (χ1) is 19.3. The van der Waals surface area contributed by atoms with Gasteiger partial charge in [0.15, 0.2) is 0 Å². The van der Waals surface area contributed by atoms with Gasteiger partial charge in [0, 0.05) is 15.2 Å². The fourth-order valence-electron chi connectivity index (χ4n) is 6.10. The molecule has 0 radical (unpaired) electrons. The summed E-state index contributed by atoms with van der Waals surface area (Å²) in [5.74, 6) is 0. The van der Waals surface area contributed by atoms with E-state index in [1.165, 1.54) is 75.8 Å². The normalized spacial score (nSPS) is 12.0. The van der Waals surface area contributed by atoms with E-state index < -0.39 is 0 Å². The zero-order chi connectivity index (χ0) is 25.8. The van der Waals surface area contributed by atoms with Crippen molar-refractivity contribution in [1.82, 2.24) is 0 Å². The van der Waals surface area contributed by atoms with Gasteiger partial charge in [-0.1, -0.05) is 145 Å². The molecular formula is C38H24S. The van der Waals surface area contributed by atoms with E-state index in [2.05, 4.69) is 146 Å². The zero-order valence-electron chi connectivity index (χ0n) is 21.3. The Balaban J connectivity index is 1.26. The minimum atomic E-state index is 1.24. The zero-order valence-corrected chi connectivity index (χ0v) is 22.1. The van der Waals surface area contributed by atoms with Crippen molar-refractivity contribution in [2.24, 2.45) is 0 Å². The highest BCUT2D eigenvalue weighted by Gasteiger charge is 2.20. The first-order valence-corrected chi connectivity index (χ1v) is 14.2. The largest absolute Gasteiger partial charge is 0.0888 e. The van der Waals surface area contributed by atoms with Crippen LogP contribution in [0.2, 0.25) is 0 Å². The third-order valence-electron chi connectivity index (χ3n) is 7.90. The molecule has 0 spiro atoms. The number of rotatable bonds is 3. The highest BCUT2D eigenvalue weighted by molar-refractivity contribution is 7.99. The maximum absolute atomic E-state index is 2.30. The van der Waals surface area contributed by atoms with Crippen molar-refractivity contribution in [3.05, 3.63) is 146 Å². The molecule has 0 saturated carbocycles. The number of benzene rings is 7. The van der Waals surface area contributed by atoms with Gasteiger partial charge in [0.2, 0.25) is 0 Å². The molecule has 0 atom stereocenters. The molecule has 0 N–H and O–H groups in total. The van der Waals surface area contributed by atoms with Crippen molar-refractivity contribution in [2.45, 2.75) is 9.79 Å². The number of hydrogen-bond acceptors (Lipinski definition) is 1. The van der Waals surface area contributed by atoms with Crippen molar-refractivity contribution in [2.75, 3.05) is 0 Å². The van der Waals surface area contributed by atoms with Gasteiger partial charge in [0.05, 0.1) is 0 Å². The Morgan fingerprint density at radius 3 is 1.67 bits per heavy atom. The standard InChI is InChI=1S/C38H24S/c1-2-9-25(10-3-1)30-14-6-11-28-12-7-15-31(37(28)30)27-21-19-26(20-22-27)29-23-24-36-38-33(29)16-8-17-34(38)32-13-4-5-18-35(32)39-36/h1-24H. The van der Waals surface area contributed by atoms with Crippen LogP contribution in [0.3, 0.4) is 0 Å². The van der Waals surface area contributed by atoms with Crippen LogP contribution < -0.4 is 0 Å². The van der Waals surface area contributed by atoms with Gasteiger partial charge in [-0.3, -0.25) is 0 Å². The van der Waals surface area contributed by atoms with E-state index in [0.717, 1.165) is 0 Å². The van der Waals surface area contributed by atoms with Crippen molar-refractivity contribution in [3.8, 4) is 44.5 Å². The molecule has 1 heterocycles. The second-order valence-corrected chi connectivity index (χ2v) is 11.2. The summed E-state index contributed by atoms with van der Waals surface area (Å²) in [6.45, 7) is 0. The second-order valence-electron chi connectivity index (χ2n) is 10.1. The van der Waals surface area contributed by atoms with Crippen LogP contribution in [0, 0.1) is 0 Å². The maximum atomic E-state index is 2.30. The summed E-state index contributed by atoms with van der Waals surface area (Å²) < 4.78 is 0. The molecular weight excluding hydrogens is 488 g/mol. The van der Waals surface area contributed by atoms with Gasteiger partial charge in [-0.2, -0.15) is 0 Å². The molecule has 1 aliphatic rings. The van der Waals surface area contributed by atoms with Crippen LogP contribution >= 0.6 is 11.8 Å². The maximum Gasteiger partial charge on any atom is 0.0207 e. The summed E-state index contributed by atoms with van der Waals surface area (Å²) in [6.07, 6.45) is 0. The third kappa shape index (κ3) is 3.62. The highest BCUT2D eigenvalue weighted by Crippen LogP contribution is 2.49. The molecule has 1 aliphatic heterocycles. The lowest BCUT2D eigenvalue weighted by molar-refractivity contribution is 1.40. The van der Waals surface area contributed by atoms with Gasteiger partial charge < -0.3 is 0 Å². The predicted octanol–water partition coefficient (Wildman–Crippen LogP) is 11.1. The lowest BCUT2D eigenvalue weighted by atomic mass is 9.90. The Kier molecular flexibility index (Phi) is 5.17. The van der Waals surface area contributed by atoms with E-state index >= 15 is 0 Å². The first kappa shape index (κ1) is 22.4. The molecule has 0 saturated heterocycles. The lowest BCUT2D eigenvalue weighted by Gasteiger charge is -2.21. The van der Waals surface area contributed by atoms with Crippen LogP contribution in [-0.2, 0) is 0 Å². The molecule has 0 bridgehead atoms. The van der Waals surface area contributed by atoms with Crippen molar-refractivity contribution in [1.29, 1.82) is 0 Å². The molecule has 182 valence electrons. The fraction of sp³-hybridized carbons (Fsp3) is 0. The smallest absolute Gasteiger partial charge is 0.0207 e. The van der Waals surface area contributed by atoms with E-state index in [-0.39, 0.29) is 0 Å². The summed E-state index contributed by atoms with van der Waals surface area (Å²) in [5, 5.41) is 5.25. The predicted molar refractivity (Wildman–Crippen MR) is 167 cm³/mol. The minimum absolute atomic E-state index is 1.24. The average Bonchev–Trinajstić information content (AvgIpc) is 3.01. The van der Waals surface area contributed by atoms with Gasteiger partial charge in [0.1, 0.15) is 0 Å². The van der Waals surface area contributed by atoms with Crippen molar-refractivity contribution < 1.29 is 0 Å². The molecule has 0 nitrogen and oxygen atoms in total. The van der Waals surface area contributed by atoms with Crippen LogP contribution in [0.4, 0.5) is 0 Å². The topological polar surface area (TPSA) is 0 Å². The lowest BCUT2D eigenvalue weighted by Crippen LogP contribution is -1.94. The Hall–Kier alpha value is -4.59. The van der Waals surface area contributed by atoms with E-state index in [4.69, 9.17) is 0 Å². The molecule has 8 rings (SSSR count). The Morgan fingerprint density at radius 2 is 0.897 bits per heavy atom. The van der Waals surface area contributed by atoms with E-state index in [1.807, 2.05) is 11.8 Å². The Bertz CT molecular complexity index is 2010.